The number of aromatic nitrogens is 6. The van der Waals surface area contributed by atoms with Crippen molar-refractivity contribution in [3.05, 3.63) is 48.0 Å². The Morgan fingerprint density at radius 3 is 2.96 bits per heavy atom. The van der Waals surface area contributed by atoms with Crippen molar-refractivity contribution in [3.8, 4) is 11.5 Å². The fourth-order valence-electron chi connectivity index (χ4n) is 2.41. The number of aryl methyl sites for hydroxylation is 1. The van der Waals surface area contributed by atoms with Gasteiger partial charge in [0, 0.05) is 12.4 Å². The van der Waals surface area contributed by atoms with Gasteiger partial charge < -0.3 is 10.2 Å². The molecule has 8 nitrogen and oxygen atoms in total. The number of hydrogen-bond donors (Lipinski definition) is 1. The van der Waals surface area contributed by atoms with Crippen LogP contribution in [0.4, 0.5) is 5.95 Å². The highest BCUT2D eigenvalue weighted by Crippen LogP contribution is 2.25. The van der Waals surface area contributed by atoms with Crippen molar-refractivity contribution in [3.63, 3.8) is 0 Å². The van der Waals surface area contributed by atoms with Gasteiger partial charge in [-0.15, -0.1) is 5.10 Å². The van der Waals surface area contributed by atoms with Crippen LogP contribution in [0.1, 0.15) is 11.1 Å². The highest BCUT2D eigenvalue weighted by molar-refractivity contribution is 5.85. The van der Waals surface area contributed by atoms with Gasteiger partial charge in [0.2, 0.25) is 5.95 Å². The summed E-state index contributed by atoms with van der Waals surface area (Å²) in [6, 6.07) is 5.53. The largest absolute Gasteiger partial charge is 0.463 e. The Morgan fingerprint density at radius 2 is 2.17 bits per heavy atom. The molecule has 0 radical (unpaired) electrons. The Labute approximate surface area is 131 Å². The number of anilines is 1. The van der Waals surface area contributed by atoms with Crippen molar-refractivity contribution in [2.75, 3.05) is 5.73 Å². The van der Waals surface area contributed by atoms with E-state index in [1.165, 1.54) is 0 Å². The standard InChI is InChI=1S/C15H13N7O/c1-9-7-17-5-4-10(9)8-22-14-13(20-21-22)12(18-15(16)19-14)11-3-2-6-23-11/h2-7H,8H2,1H3,(H2,16,18,19). The summed E-state index contributed by atoms with van der Waals surface area (Å²) < 4.78 is 7.09. The number of nitrogen functional groups attached to an aromatic ring is 1. The first kappa shape index (κ1) is 13.4. The molecule has 0 saturated heterocycles. The summed E-state index contributed by atoms with van der Waals surface area (Å²) in [5.74, 6) is 0.732. The van der Waals surface area contributed by atoms with E-state index in [4.69, 9.17) is 10.2 Å². The topological polar surface area (TPSA) is 109 Å². The van der Waals surface area contributed by atoms with Crippen molar-refractivity contribution >= 4 is 17.1 Å². The highest BCUT2D eigenvalue weighted by atomic mass is 16.3. The maximum atomic E-state index is 5.84. The number of fused-ring (bicyclic) bond motifs is 1. The van der Waals surface area contributed by atoms with Crippen LogP contribution in [0.25, 0.3) is 22.6 Å². The summed E-state index contributed by atoms with van der Waals surface area (Å²) in [5.41, 5.74) is 9.66. The third kappa shape index (κ3) is 2.30. The Bertz CT molecular complexity index is 975. The summed E-state index contributed by atoms with van der Waals surface area (Å²) in [7, 11) is 0. The Balaban J connectivity index is 1.85. The molecule has 4 rings (SSSR count). The van der Waals surface area contributed by atoms with Crippen LogP contribution in [-0.2, 0) is 6.54 Å². The second kappa shape index (κ2) is 5.16. The molecule has 0 unspecified atom stereocenters. The molecule has 114 valence electrons. The zero-order valence-electron chi connectivity index (χ0n) is 12.3. The molecule has 8 heteroatoms. The number of rotatable bonds is 3. The van der Waals surface area contributed by atoms with Gasteiger partial charge in [-0.3, -0.25) is 4.98 Å². The van der Waals surface area contributed by atoms with Gasteiger partial charge in [-0.2, -0.15) is 4.98 Å². The molecule has 0 saturated carbocycles. The predicted molar refractivity (Wildman–Crippen MR) is 83.3 cm³/mol. The van der Waals surface area contributed by atoms with Crippen LogP contribution in [-0.4, -0.2) is 29.9 Å². The van der Waals surface area contributed by atoms with Crippen LogP contribution < -0.4 is 5.73 Å². The Hall–Kier alpha value is -3.29. The zero-order valence-corrected chi connectivity index (χ0v) is 12.3. The lowest BCUT2D eigenvalue weighted by molar-refractivity contribution is 0.580. The van der Waals surface area contributed by atoms with Crippen molar-refractivity contribution in [2.24, 2.45) is 0 Å². The van der Waals surface area contributed by atoms with Gasteiger partial charge in [-0.1, -0.05) is 5.21 Å². The fourth-order valence-corrected chi connectivity index (χ4v) is 2.41. The summed E-state index contributed by atoms with van der Waals surface area (Å²) in [6.07, 6.45) is 5.13. The molecule has 4 aromatic rings. The summed E-state index contributed by atoms with van der Waals surface area (Å²) in [5, 5.41) is 8.39. The summed E-state index contributed by atoms with van der Waals surface area (Å²) in [6.45, 7) is 2.53. The molecule has 0 aromatic carbocycles. The predicted octanol–water partition coefficient (Wildman–Crippen LogP) is 1.82. The second-order valence-electron chi connectivity index (χ2n) is 5.13. The lowest BCUT2D eigenvalue weighted by Crippen LogP contribution is -2.06. The Morgan fingerprint density at radius 1 is 1.26 bits per heavy atom. The average molecular weight is 307 g/mol. The van der Waals surface area contributed by atoms with Crippen LogP contribution in [0, 0.1) is 6.92 Å². The third-order valence-corrected chi connectivity index (χ3v) is 3.59. The highest BCUT2D eigenvalue weighted by Gasteiger charge is 2.17. The van der Waals surface area contributed by atoms with Crippen molar-refractivity contribution in [2.45, 2.75) is 13.5 Å². The van der Waals surface area contributed by atoms with E-state index in [2.05, 4.69) is 25.3 Å². The SMILES string of the molecule is Cc1cnccc1Cn1nnc2c(-c3ccco3)nc(N)nc21. The first-order chi connectivity index (χ1) is 11.2. The molecular formula is C15H13N7O. The third-order valence-electron chi connectivity index (χ3n) is 3.59. The van der Waals surface area contributed by atoms with Crippen molar-refractivity contribution < 1.29 is 4.42 Å². The van der Waals surface area contributed by atoms with Crippen LogP contribution >= 0.6 is 0 Å². The monoisotopic (exact) mass is 307 g/mol. The fraction of sp³-hybridized carbons (Fsp3) is 0.133. The second-order valence-corrected chi connectivity index (χ2v) is 5.13. The van der Waals surface area contributed by atoms with Crippen LogP contribution in [0.15, 0.2) is 41.3 Å². The first-order valence-corrected chi connectivity index (χ1v) is 7.02. The van der Waals surface area contributed by atoms with E-state index in [-0.39, 0.29) is 5.95 Å². The molecule has 4 heterocycles. The first-order valence-electron chi connectivity index (χ1n) is 7.02. The Kier molecular flexibility index (Phi) is 3.00. The van der Waals surface area contributed by atoms with Gasteiger partial charge in [-0.25, -0.2) is 9.67 Å². The number of nitrogens with two attached hydrogens (primary N) is 1. The summed E-state index contributed by atoms with van der Waals surface area (Å²) in [4.78, 5) is 12.6. The van der Waals surface area contributed by atoms with Gasteiger partial charge in [0.1, 0.15) is 5.69 Å². The van der Waals surface area contributed by atoms with Crippen molar-refractivity contribution in [1.29, 1.82) is 0 Å². The molecule has 0 fully saturated rings. The van der Waals surface area contributed by atoms with E-state index < -0.39 is 0 Å². The van der Waals surface area contributed by atoms with E-state index in [9.17, 15) is 0 Å². The van der Waals surface area contributed by atoms with Gasteiger partial charge in [0.15, 0.2) is 16.9 Å². The number of hydrogen-bond acceptors (Lipinski definition) is 7. The van der Waals surface area contributed by atoms with E-state index in [0.717, 1.165) is 11.1 Å². The van der Waals surface area contributed by atoms with Gasteiger partial charge >= 0.3 is 0 Å². The maximum Gasteiger partial charge on any atom is 0.222 e. The molecule has 4 aromatic heterocycles. The molecule has 0 amide bonds. The van der Waals surface area contributed by atoms with E-state index in [1.807, 2.05) is 19.2 Å². The number of furan rings is 1. The van der Waals surface area contributed by atoms with Crippen molar-refractivity contribution in [1.82, 2.24) is 29.9 Å². The lowest BCUT2D eigenvalue weighted by Gasteiger charge is -2.05. The normalized spacial score (nSPS) is 11.2. The maximum absolute atomic E-state index is 5.84. The molecular weight excluding hydrogens is 294 g/mol. The minimum atomic E-state index is 0.152. The van der Waals surface area contributed by atoms with Gasteiger partial charge in [-0.05, 0) is 36.2 Å². The minimum absolute atomic E-state index is 0.152. The van der Waals surface area contributed by atoms with Crippen LogP contribution in [0.3, 0.4) is 0 Å². The van der Waals surface area contributed by atoms with E-state index in [0.29, 0.717) is 29.2 Å². The lowest BCUT2D eigenvalue weighted by atomic mass is 10.1. The average Bonchev–Trinajstić information content (AvgIpc) is 3.19. The number of nitrogens with zero attached hydrogens (tertiary/aromatic N) is 6. The molecule has 0 aliphatic heterocycles. The molecule has 0 aliphatic rings. The van der Waals surface area contributed by atoms with E-state index in [1.54, 1.807) is 29.3 Å². The van der Waals surface area contributed by atoms with Crippen LogP contribution in [0.2, 0.25) is 0 Å². The van der Waals surface area contributed by atoms with Crippen LogP contribution in [0.5, 0.6) is 0 Å². The zero-order chi connectivity index (χ0) is 15.8. The van der Waals surface area contributed by atoms with Gasteiger partial charge in [0.25, 0.3) is 0 Å². The molecule has 0 aliphatic carbocycles. The molecule has 2 N–H and O–H groups in total. The minimum Gasteiger partial charge on any atom is -0.463 e. The van der Waals surface area contributed by atoms with E-state index >= 15 is 0 Å². The number of pyridine rings is 1. The molecule has 0 spiro atoms. The smallest absolute Gasteiger partial charge is 0.222 e. The molecule has 0 bridgehead atoms. The molecule has 0 atom stereocenters. The molecule has 23 heavy (non-hydrogen) atoms. The van der Waals surface area contributed by atoms with Gasteiger partial charge in [0.05, 0.1) is 12.8 Å². The quantitative estimate of drug-likeness (QED) is 0.614. The summed E-state index contributed by atoms with van der Waals surface area (Å²) >= 11 is 0.